The van der Waals surface area contributed by atoms with Crippen molar-refractivity contribution in [2.24, 2.45) is 0 Å². The summed E-state index contributed by atoms with van der Waals surface area (Å²) in [5.41, 5.74) is 1.28. The Morgan fingerprint density at radius 1 is 1.14 bits per heavy atom. The van der Waals surface area contributed by atoms with Gasteiger partial charge >= 0.3 is 12.1 Å². The predicted molar refractivity (Wildman–Crippen MR) is 80.1 cm³/mol. The van der Waals surface area contributed by atoms with E-state index in [0.29, 0.717) is 25.6 Å². The number of hydrogen-bond acceptors (Lipinski definition) is 2. The molecule has 0 saturated carbocycles. The lowest BCUT2D eigenvalue weighted by atomic mass is 9.94. The van der Waals surface area contributed by atoms with Gasteiger partial charge in [-0.25, -0.2) is 14.5 Å². The molecular weight excluding hydrogens is 266 g/mol. The van der Waals surface area contributed by atoms with Gasteiger partial charge in [0.05, 0.1) is 0 Å². The summed E-state index contributed by atoms with van der Waals surface area (Å²) in [5.74, 6) is 0.364. The zero-order valence-electron chi connectivity index (χ0n) is 12.1. The van der Waals surface area contributed by atoms with Gasteiger partial charge in [-0.2, -0.15) is 0 Å². The Hall–Kier alpha value is -2.04. The van der Waals surface area contributed by atoms with Crippen LogP contribution in [0.15, 0.2) is 30.3 Å². The van der Waals surface area contributed by atoms with Crippen LogP contribution < -0.4 is 5.32 Å². The fourth-order valence-electron chi connectivity index (χ4n) is 3.14. The van der Waals surface area contributed by atoms with Crippen LogP contribution in [0.1, 0.15) is 30.7 Å². The monoisotopic (exact) mass is 287 g/mol. The summed E-state index contributed by atoms with van der Waals surface area (Å²) in [7, 11) is 0. The van der Waals surface area contributed by atoms with Crippen LogP contribution in [0.2, 0.25) is 0 Å². The highest BCUT2D eigenvalue weighted by molar-refractivity contribution is 5.95. The summed E-state index contributed by atoms with van der Waals surface area (Å²) in [6.07, 6.45) is 3.22. The SMILES string of the molecule is O=C1NCCN1C(=O)N1CCCC[C@@H](c2ccccc2)C1. The largest absolute Gasteiger partial charge is 0.336 e. The van der Waals surface area contributed by atoms with Gasteiger partial charge in [-0.1, -0.05) is 36.8 Å². The minimum atomic E-state index is -0.263. The van der Waals surface area contributed by atoms with E-state index in [1.165, 1.54) is 10.5 Å². The fraction of sp³-hybridized carbons (Fsp3) is 0.500. The third kappa shape index (κ3) is 3.01. The molecule has 2 aliphatic heterocycles. The average Bonchev–Trinajstić information content (AvgIpc) is 2.80. The first-order valence-electron chi connectivity index (χ1n) is 7.65. The topological polar surface area (TPSA) is 52.7 Å². The van der Waals surface area contributed by atoms with Crippen molar-refractivity contribution in [3.05, 3.63) is 35.9 Å². The molecule has 0 radical (unpaired) electrons. The molecule has 1 aromatic rings. The molecule has 2 heterocycles. The maximum atomic E-state index is 12.5. The molecule has 2 fully saturated rings. The number of amides is 4. The first-order valence-corrected chi connectivity index (χ1v) is 7.65. The number of nitrogens with zero attached hydrogens (tertiary/aromatic N) is 2. The van der Waals surface area contributed by atoms with E-state index < -0.39 is 0 Å². The van der Waals surface area contributed by atoms with Crippen molar-refractivity contribution < 1.29 is 9.59 Å². The lowest BCUT2D eigenvalue weighted by Gasteiger charge is -2.27. The fourth-order valence-corrected chi connectivity index (χ4v) is 3.14. The van der Waals surface area contributed by atoms with Crippen LogP contribution in [0, 0.1) is 0 Å². The third-order valence-electron chi connectivity index (χ3n) is 4.30. The van der Waals surface area contributed by atoms with Crippen molar-refractivity contribution in [3.63, 3.8) is 0 Å². The molecule has 2 aliphatic rings. The molecule has 4 amide bonds. The number of nitrogens with one attached hydrogen (secondary N) is 1. The molecule has 0 unspecified atom stereocenters. The molecule has 0 aromatic heterocycles. The highest BCUT2D eigenvalue weighted by Gasteiger charge is 2.32. The van der Waals surface area contributed by atoms with E-state index in [9.17, 15) is 9.59 Å². The van der Waals surface area contributed by atoms with E-state index >= 15 is 0 Å². The van der Waals surface area contributed by atoms with E-state index in [2.05, 4.69) is 17.4 Å². The van der Waals surface area contributed by atoms with Crippen molar-refractivity contribution in [2.45, 2.75) is 25.2 Å². The Morgan fingerprint density at radius 3 is 2.67 bits per heavy atom. The van der Waals surface area contributed by atoms with Crippen LogP contribution in [0.4, 0.5) is 9.59 Å². The van der Waals surface area contributed by atoms with Gasteiger partial charge in [0.25, 0.3) is 0 Å². The van der Waals surface area contributed by atoms with Gasteiger partial charge in [-0.3, -0.25) is 0 Å². The van der Waals surface area contributed by atoms with E-state index in [1.807, 2.05) is 23.1 Å². The Kier molecular flexibility index (Phi) is 4.08. The molecule has 2 saturated heterocycles. The highest BCUT2D eigenvalue weighted by atomic mass is 16.2. The van der Waals surface area contributed by atoms with Gasteiger partial charge in [0.1, 0.15) is 0 Å². The summed E-state index contributed by atoms with van der Waals surface area (Å²) in [6.45, 7) is 2.48. The Labute approximate surface area is 124 Å². The first kappa shape index (κ1) is 13.9. The number of hydrogen-bond donors (Lipinski definition) is 1. The lowest BCUT2D eigenvalue weighted by Crippen LogP contribution is -2.45. The Bertz CT molecular complexity index is 518. The average molecular weight is 287 g/mol. The molecule has 0 bridgehead atoms. The van der Waals surface area contributed by atoms with Gasteiger partial charge in [0, 0.05) is 32.1 Å². The van der Waals surface area contributed by atoms with Crippen molar-refractivity contribution in [2.75, 3.05) is 26.2 Å². The second-order valence-electron chi connectivity index (χ2n) is 5.72. The molecule has 112 valence electrons. The summed E-state index contributed by atoms with van der Waals surface area (Å²) in [5, 5.41) is 2.69. The summed E-state index contributed by atoms with van der Waals surface area (Å²) >= 11 is 0. The maximum Gasteiger partial charge on any atom is 0.328 e. The number of urea groups is 2. The molecule has 1 N–H and O–H groups in total. The highest BCUT2D eigenvalue weighted by Crippen LogP contribution is 2.27. The zero-order valence-corrected chi connectivity index (χ0v) is 12.1. The Morgan fingerprint density at radius 2 is 1.95 bits per heavy atom. The van der Waals surface area contributed by atoms with Crippen LogP contribution in [0.5, 0.6) is 0 Å². The number of carbonyl (C=O) groups excluding carboxylic acids is 2. The third-order valence-corrected chi connectivity index (χ3v) is 4.30. The van der Waals surface area contributed by atoms with Crippen LogP contribution >= 0.6 is 0 Å². The van der Waals surface area contributed by atoms with Crippen molar-refractivity contribution >= 4 is 12.1 Å². The molecule has 5 heteroatoms. The van der Waals surface area contributed by atoms with Crippen LogP contribution in [0.3, 0.4) is 0 Å². The number of rotatable bonds is 1. The van der Waals surface area contributed by atoms with Crippen LogP contribution in [-0.4, -0.2) is 48.0 Å². The summed E-state index contributed by atoms with van der Waals surface area (Å²) < 4.78 is 0. The predicted octanol–water partition coefficient (Wildman–Crippen LogP) is 2.40. The van der Waals surface area contributed by atoms with Gasteiger partial charge in [-0.15, -0.1) is 0 Å². The van der Waals surface area contributed by atoms with Gasteiger partial charge in [0.15, 0.2) is 0 Å². The molecule has 21 heavy (non-hydrogen) atoms. The number of imide groups is 1. The molecule has 5 nitrogen and oxygen atoms in total. The Balaban J connectivity index is 1.73. The second kappa shape index (κ2) is 6.16. The van der Waals surface area contributed by atoms with E-state index in [0.717, 1.165) is 25.8 Å². The molecular formula is C16H21N3O2. The van der Waals surface area contributed by atoms with Crippen LogP contribution in [-0.2, 0) is 0 Å². The first-order chi connectivity index (χ1) is 10.3. The summed E-state index contributed by atoms with van der Waals surface area (Å²) in [4.78, 5) is 27.4. The van der Waals surface area contributed by atoms with Gasteiger partial charge in [0.2, 0.25) is 0 Å². The summed E-state index contributed by atoms with van der Waals surface area (Å²) in [6, 6.07) is 9.94. The number of benzene rings is 1. The van der Waals surface area contributed by atoms with E-state index in [-0.39, 0.29) is 12.1 Å². The number of likely N-dealkylation sites (tertiary alicyclic amines) is 1. The zero-order chi connectivity index (χ0) is 14.7. The van der Waals surface area contributed by atoms with Crippen LogP contribution in [0.25, 0.3) is 0 Å². The standard InChI is InChI=1S/C16H21N3O2/c20-15-17-9-11-19(15)16(21)18-10-5-4-8-14(12-18)13-6-2-1-3-7-13/h1-3,6-7,14H,4-5,8-12H2,(H,17,20)/t14-/m1/s1. The lowest BCUT2D eigenvalue weighted by molar-refractivity contribution is 0.163. The van der Waals surface area contributed by atoms with Gasteiger partial charge in [-0.05, 0) is 18.4 Å². The molecule has 1 atom stereocenters. The maximum absolute atomic E-state index is 12.5. The minimum absolute atomic E-state index is 0.146. The van der Waals surface area contributed by atoms with Crippen molar-refractivity contribution in [1.29, 1.82) is 0 Å². The molecule has 0 spiro atoms. The van der Waals surface area contributed by atoms with Gasteiger partial charge < -0.3 is 10.2 Å². The second-order valence-corrected chi connectivity index (χ2v) is 5.72. The van der Waals surface area contributed by atoms with Crippen molar-refractivity contribution in [3.8, 4) is 0 Å². The molecule has 3 rings (SSSR count). The smallest absolute Gasteiger partial charge is 0.328 e. The normalized spacial score (nSPS) is 22.9. The number of carbonyl (C=O) groups is 2. The van der Waals surface area contributed by atoms with E-state index in [1.54, 1.807) is 0 Å². The molecule has 1 aromatic carbocycles. The molecule has 0 aliphatic carbocycles. The van der Waals surface area contributed by atoms with Crippen molar-refractivity contribution in [1.82, 2.24) is 15.1 Å². The minimum Gasteiger partial charge on any atom is -0.336 e. The quantitative estimate of drug-likeness (QED) is 0.862. The van der Waals surface area contributed by atoms with E-state index in [4.69, 9.17) is 0 Å².